The Morgan fingerprint density at radius 2 is 2.08 bits per heavy atom. The van der Waals surface area contributed by atoms with Crippen LogP contribution in [-0.2, 0) is 0 Å². The number of para-hydroxylation sites is 1. The normalized spacial score (nSPS) is 18.8. The van der Waals surface area contributed by atoms with Gasteiger partial charge in [0.25, 0.3) is 0 Å². The van der Waals surface area contributed by atoms with E-state index in [1.807, 2.05) is 6.07 Å². The molecule has 0 amide bonds. The van der Waals surface area contributed by atoms with Crippen LogP contribution < -0.4 is 10.9 Å². The Morgan fingerprint density at radius 3 is 3.08 bits per heavy atom. The summed E-state index contributed by atoms with van der Waals surface area (Å²) in [4.78, 5) is 0. The number of benzene rings is 1. The largest absolute Gasteiger partial charge is 0.321 e. The predicted octanol–water partition coefficient (Wildman–Crippen LogP) is 2.41. The Bertz CT molecular complexity index is 305. The first kappa shape index (κ1) is 8.32. The standard InChI is InChI=1S/C11H14N2/c1-2-6-10-7-3-4-8-11(10)13-12-9-5-1/h2-4,6-8,12-13H,1,5,9H2/b6-2-. The number of allylic oxidation sites excluding steroid dienone is 1. The molecular formula is C11H14N2. The second-order valence-electron chi connectivity index (χ2n) is 3.18. The third-order valence-corrected chi connectivity index (χ3v) is 2.15. The highest BCUT2D eigenvalue weighted by atomic mass is 15.3. The molecule has 0 bridgehead atoms. The zero-order valence-electron chi connectivity index (χ0n) is 7.59. The molecule has 2 rings (SSSR count). The zero-order valence-corrected chi connectivity index (χ0v) is 7.59. The molecule has 1 heterocycles. The van der Waals surface area contributed by atoms with Crippen LogP contribution >= 0.6 is 0 Å². The Morgan fingerprint density at radius 1 is 1.15 bits per heavy atom. The minimum absolute atomic E-state index is 1.01. The molecule has 1 aromatic rings. The van der Waals surface area contributed by atoms with E-state index in [0.717, 1.165) is 18.7 Å². The predicted molar refractivity (Wildman–Crippen MR) is 56.3 cm³/mol. The Kier molecular flexibility index (Phi) is 2.62. The Hall–Kier alpha value is -1.28. The smallest absolute Gasteiger partial charge is 0.0559 e. The monoisotopic (exact) mass is 174 g/mol. The fourth-order valence-electron chi connectivity index (χ4n) is 1.43. The van der Waals surface area contributed by atoms with Crippen molar-refractivity contribution in [1.82, 2.24) is 5.43 Å². The van der Waals surface area contributed by atoms with E-state index < -0.39 is 0 Å². The van der Waals surface area contributed by atoms with Gasteiger partial charge in [0.1, 0.15) is 0 Å². The van der Waals surface area contributed by atoms with Gasteiger partial charge in [-0.25, -0.2) is 5.43 Å². The first-order valence-electron chi connectivity index (χ1n) is 4.71. The molecule has 13 heavy (non-hydrogen) atoms. The minimum Gasteiger partial charge on any atom is -0.321 e. The van der Waals surface area contributed by atoms with Gasteiger partial charge < -0.3 is 5.43 Å². The van der Waals surface area contributed by atoms with E-state index in [9.17, 15) is 0 Å². The third kappa shape index (κ3) is 2.10. The minimum atomic E-state index is 1.01. The molecule has 0 aliphatic carbocycles. The van der Waals surface area contributed by atoms with E-state index in [1.54, 1.807) is 0 Å². The molecule has 1 aliphatic rings. The van der Waals surface area contributed by atoms with Crippen LogP contribution in [0.1, 0.15) is 18.4 Å². The van der Waals surface area contributed by atoms with Crippen molar-refractivity contribution >= 4 is 11.8 Å². The van der Waals surface area contributed by atoms with Crippen LogP contribution in [0, 0.1) is 0 Å². The van der Waals surface area contributed by atoms with Crippen molar-refractivity contribution in [3.05, 3.63) is 35.9 Å². The molecule has 2 heteroatoms. The van der Waals surface area contributed by atoms with Crippen LogP contribution in [-0.4, -0.2) is 6.54 Å². The van der Waals surface area contributed by atoms with Crippen LogP contribution in [0.4, 0.5) is 5.69 Å². The molecule has 0 saturated heterocycles. The van der Waals surface area contributed by atoms with Gasteiger partial charge in [0.05, 0.1) is 5.69 Å². The molecule has 1 aliphatic heterocycles. The van der Waals surface area contributed by atoms with E-state index in [0.29, 0.717) is 0 Å². The van der Waals surface area contributed by atoms with Gasteiger partial charge in [-0.15, -0.1) is 0 Å². The first-order chi connectivity index (χ1) is 6.47. The number of fused-ring (bicyclic) bond motifs is 1. The number of anilines is 1. The lowest BCUT2D eigenvalue weighted by Crippen LogP contribution is -2.22. The first-order valence-corrected chi connectivity index (χ1v) is 4.71. The second-order valence-corrected chi connectivity index (χ2v) is 3.18. The zero-order chi connectivity index (χ0) is 8.93. The SMILES string of the molecule is C1=C\c2ccccc2NNCCC/1. The van der Waals surface area contributed by atoms with Gasteiger partial charge in [-0.2, -0.15) is 0 Å². The van der Waals surface area contributed by atoms with Gasteiger partial charge in [0.2, 0.25) is 0 Å². The molecule has 0 spiro atoms. The number of hydrogen-bond acceptors (Lipinski definition) is 2. The highest BCUT2D eigenvalue weighted by Gasteiger charge is 1.98. The molecule has 0 saturated carbocycles. The highest BCUT2D eigenvalue weighted by Crippen LogP contribution is 2.16. The van der Waals surface area contributed by atoms with Crippen molar-refractivity contribution < 1.29 is 0 Å². The molecule has 68 valence electrons. The van der Waals surface area contributed by atoms with Crippen molar-refractivity contribution in [1.29, 1.82) is 0 Å². The summed E-state index contributed by atoms with van der Waals surface area (Å²) in [5.41, 5.74) is 8.80. The van der Waals surface area contributed by atoms with Gasteiger partial charge in [0.15, 0.2) is 0 Å². The fraction of sp³-hybridized carbons (Fsp3) is 0.273. The van der Waals surface area contributed by atoms with Crippen LogP contribution in [0.25, 0.3) is 6.08 Å². The lowest BCUT2D eigenvalue weighted by Gasteiger charge is -2.08. The van der Waals surface area contributed by atoms with Crippen LogP contribution in [0.5, 0.6) is 0 Å². The lowest BCUT2D eigenvalue weighted by molar-refractivity contribution is 0.729. The molecular weight excluding hydrogens is 160 g/mol. The van der Waals surface area contributed by atoms with E-state index in [-0.39, 0.29) is 0 Å². The lowest BCUT2D eigenvalue weighted by atomic mass is 10.1. The summed E-state index contributed by atoms with van der Waals surface area (Å²) < 4.78 is 0. The van der Waals surface area contributed by atoms with Gasteiger partial charge in [0, 0.05) is 6.54 Å². The van der Waals surface area contributed by atoms with Crippen LogP contribution in [0.3, 0.4) is 0 Å². The molecule has 0 fully saturated rings. The van der Waals surface area contributed by atoms with Crippen LogP contribution in [0.2, 0.25) is 0 Å². The van der Waals surface area contributed by atoms with Crippen molar-refractivity contribution in [2.75, 3.05) is 12.0 Å². The van der Waals surface area contributed by atoms with Gasteiger partial charge in [-0.3, -0.25) is 0 Å². The number of hydrazine groups is 1. The average Bonchev–Trinajstić information content (AvgIpc) is 2.28. The van der Waals surface area contributed by atoms with Crippen molar-refractivity contribution in [2.45, 2.75) is 12.8 Å². The van der Waals surface area contributed by atoms with Gasteiger partial charge in [-0.1, -0.05) is 30.4 Å². The maximum Gasteiger partial charge on any atom is 0.0559 e. The average molecular weight is 174 g/mol. The molecule has 2 N–H and O–H groups in total. The maximum atomic E-state index is 3.20. The Labute approximate surface area is 78.6 Å². The quantitative estimate of drug-likeness (QED) is 0.631. The molecule has 0 radical (unpaired) electrons. The molecule has 0 atom stereocenters. The summed E-state index contributed by atoms with van der Waals surface area (Å²) in [6.07, 6.45) is 6.73. The topological polar surface area (TPSA) is 24.1 Å². The number of rotatable bonds is 0. The van der Waals surface area contributed by atoms with E-state index >= 15 is 0 Å². The molecule has 2 nitrogen and oxygen atoms in total. The van der Waals surface area contributed by atoms with Crippen molar-refractivity contribution in [3.63, 3.8) is 0 Å². The molecule has 0 unspecified atom stereocenters. The number of nitrogens with one attached hydrogen (secondary N) is 2. The summed E-state index contributed by atoms with van der Waals surface area (Å²) in [5.74, 6) is 0. The fourth-order valence-corrected chi connectivity index (χ4v) is 1.43. The molecule has 1 aromatic carbocycles. The van der Waals surface area contributed by atoms with E-state index in [1.165, 1.54) is 12.0 Å². The van der Waals surface area contributed by atoms with Gasteiger partial charge >= 0.3 is 0 Å². The number of hydrogen-bond donors (Lipinski definition) is 2. The summed E-state index contributed by atoms with van der Waals surface area (Å²) in [5, 5.41) is 0. The highest BCUT2D eigenvalue weighted by molar-refractivity contribution is 5.66. The third-order valence-electron chi connectivity index (χ3n) is 2.15. The summed E-state index contributed by atoms with van der Waals surface area (Å²) in [6, 6.07) is 8.30. The van der Waals surface area contributed by atoms with Crippen LogP contribution in [0.15, 0.2) is 30.3 Å². The van der Waals surface area contributed by atoms with E-state index in [4.69, 9.17) is 0 Å². The molecule has 0 aromatic heterocycles. The second kappa shape index (κ2) is 4.10. The van der Waals surface area contributed by atoms with E-state index in [2.05, 4.69) is 41.2 Å². The van der Waals surface area contributed by atoms with Gasteiger partial charge in [-0.05, 0) is 24.5 Å². The Balaban J connectivity index is 2.28. The summed E-state index contributed by atoms with van der Waals surface area (Å²) in [6.45, 7) is 1.01. The van der Waals surface area contributed by atoms with Crippen molar-refractivity contribution in [2.24, 2.45) is 0 Å². The maximum absolute atomic E-state index is 3.20. The summed E-state index contributed by atoms with van der Waals surface area (Å²) in [7, 11) is 0. The van der Waals surface area contributed by atoms with Crippen molar-refractivity contribution in [3.8, 4) is 0 Å². The summed E-state index contributed by atoms with van der Waals surface area (Å²) >= 11 is 0.